The van der Waals surface area contributed by atoms with Crippen molar-refractivity contribution in [1.29, 1.82) is 0 Å². The summed E-state index contributed by atoms with van der Waals surface area (Å²) in [7, 11) is 0. The second kappa shape index (κ2) is 2.72. The summed E-state index contributed by atoms with van der Waals surface area (Å²) in [5.74, 6) is 0. The van der Waals surface area contributed by atoms with Gasteiger partial charge < -0.3 is 0 Å². The quantitative estimate of drug-likeness (QED) is 0.680. The molecule has 2 nitrogen and oxygen atoms in total. The molecule has 0 unspecified atom stereocenters. The van der Waals surface area contributed by atoms with E-state index in [-0.39, 0.29) is 0 Å². The van der Waals surface area contributed by atoms with Crippen molar-refractivity contribution < 1.29 is 0 Å². The fraction of sp³-hybridized carbons (Fsp3) is 0. The molecule has 0 aromatic carbocycles. The summed E-state index contributed by atoms with van der Waals surface area (Å²) >= 11 is 5.39. The van der Waals surface area contributed by atoms with Gasteiger partial charge in [-0.05, 0) is 44.6 Å². The molecule has 1 aromatic rings. The zero-order valence-corrected chi connectivity index (χ0v) is 7.55. The first-order chi connectivity index (χ1) is 3.80. The highest BCUT2D eigenvalue weighted by Crippen LogP contribution is 2.13. The van der Waals surface area contributed by atoms with Crippen molar-refractivity contribution in [2.24, 2.45) is 0 Å². The lowest BCUT2D eigenvalue weighted by Gasteiger charge is -1.87. The summed E-state index contributed by atoms with van der Waals surface area (Å²) in [4.78, 5) is 0. The highest BCUT2D eigenvalue weighted by atomic mass is 127. The average molecular weight is 285 g/mol. The molecule has 4 heteroatoms. The smallest absolute Gasteiger partial charge is 0.138 e. The van der Waals surface area contributed by atoms with Gasteiger partial charge in [-0.15, -0.1) is 5.10 Å². The van der Waals surface area contributed by atoms with E-state index >= 15 is 0 Å². The number of hydrogen-bond acceptors (Lipinski definition) is 2. The van der Waals surface area contributed by atoms with Crippen LogP contribution in [0.5, 0.6) is 0 Å². The monoisotopic (exact) mass is 284 g/mol. The van der Waals surface area contributed by atoms with Crippen LogP contribution in [0.3, 0.4) is 0 Å². The fourth-order valence-electron chi connectivity index (χ4n) is 0.299. The lowest BCUT2D eigenvalue weighted by molar-refractivity contribution is 0.993. The number of aromatic nitrogens is 2. The van der Waals surface area contributed by atoms with Crippen LogP contribution in [0.2, 0.25) is 0 Å². The highest BCUT2D eigenvalue weighted by molar-refractivity contribution is 14.1. The second-order valence-electron chi connectivity index (χ2n) is 1.17. The third kappa shape index (κ3) is 1.38. The van der Waals surface area contributed by atoms with Gasteiger partial charge >= 0.3 is 0 Å². The molecule has 0 amide bonds. The summed E-state index contributed by atoms with van der Waals surface area (Å²) in [5.41, 5.74) is 0. The first kappa shape index (κ1) is 6.41. The molecule has 1 rings (SSSR count). The Hall–Kier alpha value is 0.290. The van der Waals surface area contributed by atoms with Crippen LogP contribution in [0.15, 0.2) is 16.7 Å². The van der Waals surface area contributed by atoms with E-state index in [4.69, 9.17) is 0 Å². The standard InChI is InChI=1S/C4H2BrIN2/c5-3-1-2-7-8-4(3)6/h1-2H. The number of hydrogen-bond donors (Lipinski definition) is 0. The second-order valence-corrected chi connectivity index (χ2v) is 3.05. The van der Waals surface area contributed by atoms with Gasteiger partial charge in [0.15, 0.2) is 0 Å². The molecular weight excluding hydrogens is 283 g/mol. The van der Waals surface area contributed by atoms with Gasteiger partial charge in [0, 0.05) is 0 Å². The number of halogens is 2. The normalized spacial score (nSPS) is 9.25. The molecule has 8 heavy (non-hydrogen) atoms. The molecule has 0 aliphatic rings. The first-order valence-corrected chi connectivity index (χ1v) is 3.80. The van der Waals surface area contributed by atoms with Gasteiger partial charge in [0.2, 0.25) is 0 Å². The highest BCUT2D eigenvalue weighted by Gasteiger charge is 1.91. The van der Waals surface area contributed by atoms with E-state index in [9.17, 15) is 0 Å². The van der Waals surface area contributed by atoms with Crippen LogP contribution >= 0.6 is 38.5 Å². The maximum absolute atomic E-state index is 3.77. The molecular formula is C4H2BrIN2. The van der Waals surface area contributed by atoms with E-state index < -0.39 is 0 Å². The summed E-state index contributed by atoms with van der Waals surface area (Å²) in [6.45, 7) is 0. The Kier molecular flexibility index (Phi) is 2.18. The van der Waals surface area contributed by atoms with Crippen molar-refractivity contribution in [1.82, 2.24) is 10.2 Å². The molecule has 1 heterocycles. The van der Waals surface area contributed by atoms with Gasteiger partial charge in [0.05, 0.1) is 10.7 Å². The summed E-state index contributed by atoms with van der Waals surface area (Å²) in [6, 6.07) is 1.86. The van der Waals surface area contributed by atoms with Gasteiger partial charge in [-0.1, -0.05) is 0 Å². The first-order valence-electron chi connectivity index (χ1n) is 1.93. The summed E-state index contributed by atoms with van der Waals surface area (Å²) < 4.78 is 1.89. The van der Waals surface area contributed by atoms with Gasteiger partial charge in [0.25, 0.3) is 0 Å². The summed E-state index contributed by atoms with van der Waals surface area (Å²) in [5, 5.41) is 7.43. The van der Waals surface area contributed by atoms with Crippen molar-refractivity contribution in [3.05, 3.63) is 20.4 Å². The molecule has 0 atom stereocenters. The van der Waals surface area contributed by atoms with E-state index in [0.29, 0.717) is 0 Å². The molecule has 0 saturated carbocycles. The lowest BCUT2D eigenvalue weighted by atomic mass is 10.6. The largest absolute Gasteiger partial charge is 0.158 e. The molecule has 0 radical (unpaired) electrons. The van der Waals surface area contributed by atoms with E-state index in [0.717, 1.165) is 8.17 Å². The molecule has 0 saturated heterocycles. The molecule has 0 spiro atoms. The Balaban J connectivity index is 3.13. The molecule has 0 fully saturated rings. The molecule has 0 bridgehead atoms. The van der Waals surface area contributed by atoms with Crippen LogP contribution in [0.25, 0.3) is 0 Å². The van der Waals surface area contributed by atoms with Crippen LogP contribution in [0.1, 0.15) is 0 Å². The van der Waals surface area contributed by atoms with Crippen LogP contribution < -0.4 is 0 Å². The van der Waals surface area contributed by atoms with Gasteiger partial charge in [-0.3, -0.25) is 0 Å². The average Bonchev–Trinajstić information content (AvgIpc) is 1.77. The van der Waals surface area contributed by atoms with Crippen LogP contribution in [-0.2, 0) is 0 Å². The van der Waals surface area contributed by atoms with Crippen molar-refractivity contribution >= 4 is 38.5 Å². The topological polar surface area (TPSA) is 25.8 Å². The SMILES string of the molecule is Brc1ccnnc1I. The van der Waals surface area contributed by atoms with Crippen LogP contribution in [-0.4, -0.2) is 10.2 Å². The van der Waals surface area contributed by atoms with Crippen LogP contribution in [0, 0.1) is 3.70 Å². The Morgan fingerprint density at radius 2 is 2.38 bits per heavy atom. The third-order valence-corrected chi connectivity index (χ3v) is 2.81. The Labute approximate surface area is 69.0 Å². The predicted molar refractivity (Wildman–Crippen MR) is 42.4 cm³/mol. The Morgan fingerprint density at radius 1 is 1.62 bits per heavy atom. The van der Waals surface area contributed by atoms with Gasteiger partial charge in [0.1, 0.15) is 3.70 Å². The Morgan fingerprint density at radius 3 is 2.75 bits per heavy atom. The lowest BCUT2D eigenvalue weighted by Crippen LogP contribution is -1.83. The minimum absolute atomic E-state index is 0.894. The maximum Gasteiger partial charge on any atom is 0.138 e. The summed E-state index contributed by atoms with van der Waals surface area (Å²) in [6.07, 6.45) is 1.65. The van der Waals surface area contributed by atoms with Gasteiger partial charge in [-0.2, -0.15) is 5.10 Å². The molecule has 0 aliphatic heterocycles. The van der Waals surface area contributed by atoms with E-state index in [1.165, 1.54) is 0 Å². The fourth-order valence-corrected chi connectivity index (χ4v) is 0.801. The maximum atomic E-state index is 3.77. The minimum Gasteiger partial charge on any atom is -0.158 e. The van der Waals surface area contributed by atoms with E-state index in [1.54, 1.807) is 6.20 Å². The number of rotatable bonds is 0. The van der Waals surface area contributed by atoms with Crippen molar-refractivity contribution in [3.63, 3.8) is 0 Å². The van der Waals surface area contributed by atoms with Gasteiger partial charge in [-0.25, -0.2) is 0 Å². The zero-order valence-electron chi connectivity index (χ0n) is 3.81. The molecule has 0 aliphatic carbocycles. The third-order valence-electron chi connectivity index (χ3n) is 0.630. The Bertz CT molecular complexity index is 170. The zero-order chi connectivity index (χ0) is 5.98. The van der Waals surface area contributed by atoms with Crippen LogP contribution in [0.4, 0.5) is 0 Å². The molecule has 1 aromatic heterocycles. The molecule has 42 valence electrons. The molecule has 0 N–H and O–H groups in total. The van der Waals surface area contributed by atoms with Crippen molar-refractivity contribution in [3.8, 4) is 0 Å². The minimum atomic E-state index is 0.894. The van der Waals surface area contributed by atoms with E-state index in [2.05, 4.69) is 48.7 Å². The predicted octanol–water partition coefficient (Wildman–Crippen LogP) is 1.84. The number of nitrogens with zero attached hydrogens (tertiary/aromatic N) is 2. The van der Waals surface area contributed by atoms with E-state index in [1.807, 2.05) is 6.07 Å². The van der Waals surface area contributed by atoms with Crippen molar-refractivity contribution in [2.45, 2.75) is 0 Å². The van der Waals surface area contributed by atoms with Crippen molar-refractivity contribution in [2.75, 3.05) is 0 Å².